The molecule has 0 saturated carbocycles. The van der Waals surface area contributed by atoms with Gasteiger partial charge in [0.25, 0.3) is 0 Å². The molecule has 3 rings (SSSR count). The third-order valence-corrected chi connectivity index (χ3v) is 7.78. The highest BCUT2D eigenvalue weighted by atomic mass is 32.2. The Morgan fingerprint density at radius 2 is 1.81 bits per heavy atom. The number of thiazole rings is 1. The minimum absolute atomic E-state index is 0.0425. The number of anilines is 1. The molecule has 0 saturated heterocycles. The number of benzene rings is 2. The molecule has 0 atom stereocenters. The molecule has 170 valence electrons. The third kappa shape index (κ3) is 5.53. The summed E-state index contributed by atoms with van der Waals surface area (Å²) in [6, 6.07) is 14.4. The van der Waals surface area contributed by atoms with Crippen LogP contribution in [-0.2, 0) is 21.2 Å². The smallest absolute Gasteiger partial charge is 0.246 e. The van der Waals surface area contributed by atoms with Crippen LogP contribution >= 0.6 is 11.3 Å². The van der Waals surface area contributed by atoms with Gasteiger partial charge in [0.1, 0.15) is 15.7 Å². The van der Waals surface area contributed by atoms with E-state index in [1.807, 2.05) is 35.7 Å². The van der Waals surface area contributed by atoms with E-state index in [9.17, 15) is 13.2 Å². The highest BCUT2D eigenvalue weighted by Crippen LogP contribution is 2.30. The number of aromatic nitrogens is 1. The van der Waals surface area contributed by atoms with Crippen molar-refractivity contribution in [3.63, 3.8) is 0 Å². The van der Waals surface area contributed by atoms with Gasteiger partial charge in [-0.2, -0.15) is 4.31 Å². The van der Waals surface area contributed by atoms with Crippen LogP contribution in [0.1, 0.15) is 26.5 Å². The molecule has 2 aromatic carbocycles. The van der Waals surface area contributed by atoms with E-state index in [2.05, 4.69) is 10.3 Å². The van der Waals surface area contributed by atoms with Crippen molar-refractivity contribution in [1.29, 1.82) is 0 Å². The number of amides is 1. The number of nitrogens with zero attached hydrogens (tertiary/aromatic N) is 2. The zero-order valence-electron chi connectivity index (χ0n) is 18.4. The first-order valence-electron chi connectivity index (χ1n) is 10.5. The van der Waals surface area contributed by atoms with Crippen LogP contribution < -0.4 is 10.1 Å². The Morgan fingerprint density at radius 3 is 2.47 bits per heavy atom. The van der Waals surface area contributed by atoms with Crippen molar-refractivity contribution in [1.82, 2.24) is 9.29 Å². The lowest BCUT2D eigenvalue weighted by Gasteiger charge is -2.21. The van der Waals surface area contributed by atoms with Crippen LogP contribution in [0.5, 0.6) is 5.75 Å². The van der Waals surface area contributed by atoms with E-state index in [0.717, 1.165) is 10.6 Å². The molecule has 0 fully saturated rings. The molecule has 32 heavy (non-hydrogen) atoms. The molecule has 1 heterocycles. The average Bonchev–Trinajstić information content (AvgIpc) is 3.24. The summed E-state index contributed by atoms with van der Waals surface area (Å²) in [5.41, 5.74) is 2.05. The molecule has 0 radical (unpaired) electrons. The SMILES string of the molecule is CCOc1ccc(NC(=O)Cc2csc(-c3ccccc3)n2)cc1S(=O)(=O)N(CC)CC. The van der Waals surface area contributed by atoms with Crippen LogP contribution in [0.4, 0.5) is 5.69 Å². The van der Waals surface area contributed by atoms with E-state index in [1.165, 1.54) is 21.7 Å². The van der Waals surface area contributed by atoms with Crippen molar-refractivity contribution in [3.8, 4) is 16.3 Å². The summed E-state index contributed by atoms with van der Waals surface area (Å²) in [6.07, 6.45) is 0.0919. The fourth-order valence-electron chi connectivity index (χ4n) is 3.24. The average molecular weight is 474 g/mol. The zero-order chi connectivity index (χ0) is 23.1. The Labute approximate surface area is 193 Å². The molecule has 1 N–H and O–H groups in total. The molecular weight excluding hydrogens is 446 g/mol. The highest BCUT2D eigenvalue weighted by Gasteiger charge is 2.26. The molecule has 0 aliphatic carbocycles. The van der Waals surface area contributed by atoms with E-state index in [-0.39, 0.29) is 23.0 Å². The first-order chi connectivity index (χ1) is 15.4. The van der Waals surface area contributed by atoms with Crippen molar-refractivity contribution in [2.75, 3.05) is 25.0 Å². The standard InChI is InChI=1S/C23H27N3O4S2/c1-4-26(5-2)32(28,29)21-14-18(12-13-20(21)30-6-3)24-22(27)15-19-16-31-23(25-19)17-10-8-7-9-11-17/h7-14,16H,4-6,15H2,1-3H3,(H,24,27). The number of ether oxygens (including phenoxy) is 1. The Bertz CT molecular complexity index is 1160. The minimum Gasteiger partial charge on any atom is -0.492 e. The van der Waals surface area contributed by atoms with Crippen LogP contribution in [0.15, 0.2) is 58.8 Å². The van der Waals surface area contributed by atoms with E-state index in [1.54, 1.807) is 32.9 Å². The lowest BCUT2D eigenvalue weighted by molar-refractivity contribution is -0.115. The minimum atomic E-state index is -3.75. The van der Waals surface area contributed by atoms with Gasteiger partial charge in [0.15, 0.2) is 0 Å². The summed E-state index contributed by atoms with van der Waals surface area (Å²) < 4.78 is 33.1. The van der Waals surface area contributed by atoms with Crippen LogP contribution in [0.2, 0.25) is 0 Å². The Kier molecular flexibility index (Phi) is 8.00. The highest BCUT2D eigenvalue weighted by molar-refractivity contribution is 7.89. The van der Waals surface area contributed by atoms with Gasteiger partial charge in [-0.15, -0.1) is 11.3 Å². The fourth-order valence-corrected chi connectivity index (χ4v) is 5.68. The van der Waals surface area contributed by atoms with Gasteiger partial charge in [0.2, 0.25) is 15.9 Å². The van der Waals surface area contributed by atoms with Crippen molar-refractivity contribution >= 4 is 33.0 Å². The normalized spacial score (nSPS) is 11.5. The second-order valence-electron chi connectivity index (χ2n) is 6.92. The van der Waals surface area contributed by atoms with Gasteiger partial charge in [-0.1, -0.05) is 44.2 Å². The lowest BCUT2D eigenvalue weighted by atomic mass is 10.2. The van der Waals surface area contributed by atoms with E-state index in [0.29, 0.717) is 31.1 Å². The molecule has 0 spiro atoms. The van der Waals surface area contributed by atoms with Crippen molar-refractivity contribution in [2.24, 2.45) is 0 Å². The third-order valence-electron chi connectivity index (χ3n) is 4.76. The molecule has 3 aromatic rings. The van der Waals surface area contributed by atoms with Crippen LogP contribution in [-0.4, -0.2) is 43.3 Å². The maximum Gasteiger partial charge on any atom is 0.246 e. The molecule has 1 amide bonds. The predicted octanol–water partition coefficient (Wildman–Crippen LogP) is 4.42. The first kappa shape index (κ1) is 23.9. The van der Waals surface area contributed by atoms with Crippen molar-refractivity contribution < 1.29 is 17.9 Å². The second-order valence-corrected chi connectivity index (χ2v) is 9.68. The van der Waals surface area contributed by atoms with E-state index >= 15 is 0 Å². The number of sulfonamides is 1. The Hall–Kier alpha value is -2.75. The number of nitrogens with one attached hydrogen (secondary N) is 1. The topological polar surface area (TPSA) is 88.6 Å². The number of carbonyl (C=O) groups excluding carboxylic acids is 1. The van der Waals surface area contributed by atoms with Gasteiger partial charge in [-0.05, 0) is 25.1 Å². The monoisotopic (exact) mass is 473 g/mol. The molecule has 0 bridgehead atoms. The second kappa shape index (κ2) is 10.7. The molecule has 9 heteroatoms. The maximum atomic E-state index is 13.1. The van der Waals surface area contributed by atoms with Gasteiger partial charge >= 0.3 is 0 Å². The molecule has 0 unspecified atom stereocenters. The molecule has 0 aliphatic rings. The number of hydrogen-bond acceptors (Lipinski definition) is 6. The van der Waals surface area contributed by atoms with Gasteiger partial charge < -0.3 is 10.1 Å². The Balaban J connectivity index is 1.78. The lowest BCUT2D eigenvalue weighted by Crippen LogP contribution is -2.31. The summed E-state index contributed by atoms with van der Waals surface area (Å²) in [6.45, 7) is 6.37. The summed E-state index contributed by atoms with van der Waals surface area (Å²) in [4.78, 5) is 17.2. The largest absolute Gasteiger partial charge is 0.492 e. The predicted molar refractivity (Wildman–Crippen MR) is 128 cm³/mol. The Morgan fingerprint density at radius 1 is 1.09 bits per heavy atom. The van der Waals surface area contributed by atoms with Gasteiger partial charge in [-0.25, -0.2) is 13.4 Å². The van der Waals surface area contributed by atoms with Crippen molar-refractivity contribution in [3.05, 3.63) is 59.6 Å². The summed E-state index contributed by atoms with van der Waals surface area (Å²) >= 11 is 1.48. The number of rotatable bonds is 10. The molecular formula is C23H27N3O4S2. The summed E-state index contributed by atoms with van der Waals surface area (Å²) in [7, 11) is -3.75. The molecule has 7 nitrogen and oxygen atoms in total. The quantitative estimate of drug-likeness (QED) is 0.471. The molecule has 1 aromatic heterocycles. The maximum absolute atomic E-state index is 13.1. The van der Waals surface area contributed by atoms with Gasteiger partial charge in [-0.3, -0.25) is 4.79 Å². The van der Waals surface area contributed by atoms with Gasteiger partial charge in [0.05, 0.1) is 18.7 Å². The van der Waals surface area contributed by atoms with E-state index < -0.39 is 10.0 Å². The fraction of sp³-hybridized carbons (Fsp3) is 0.304. The summed E-state index contributed by atoms with van der Waals surface area (Å²) in [5.74, 6) is -0.00494. The van der Waals surface area contributed by atoms with E-state index in [4.69, 9.17) is 4.74 Å². The summed E-state index contributed by atoms with van der Waals surface area (Å²) in [5, 5.41) is 5.49. The van der Waals surface area contributed by atoms with Crippen LogP contribution in [0.3, 0.4) is 0 Å². The zero-order valence-corrected chi connectivity index (χ0v) is 20.0. The van der Waals surface area contributed by atoms with Crippen LogP contribution in [0.25, 0.3) is 10.6 Å². The van der Waals surface area contributed by atoms with Crippen LogP contribution in [0, 0.1) is 0 Å². The first-order valence-corrected chi connectivity index (χ1v) is 12.8. The van der Waals surface area contributed by atoms with Crippen molar-refractivity contribution in [2.45, 2.75) is 32.1 Å². The molecule has 0 aliphatic heterocycles. The van der Waals surface area contributed by atoms with Gasteiger partial charge in [0, 0.05) is 29.7 Å². The number of hydrogen-bond donors (Lipinski definition) is 1. The number of carbonyl (C=O) groups is 1.